The van der Waals surface area contributed by atoms with Crippen LogP contribution in [-0.2, 0) is 11.3 Å². The van der Waals surface area contributed by atoms with Gasteiger partial charge >= 0.3 is 12.0 Å². The summed E-state index contributed by atoms with van der Waals surface area (Å²) < 4.78 is 60.4. The number of imidazole rings is 1. The molecule has 7 nitrogen and oxygen atoms in total. The van der Waals surface area contributed by atoms with Crippen LogP contribution in [-0.4, -0.2) is 42.0 Å². The van der Waals surface area contributed by atoms with Crippen LogP contribution in [0.5, 0.6) is 0 Å². The number of carbonyl (C=O) groups excluding carboxylic acids is 2. The maximum absolute atomic E-state index is 13.5. The molecule has 1 fully saturated rings. The zero-order valence-corrected chi connectivity index (χ0v) is 20.4. The SMILES string of the molecule is CC(NC(=O)c1[nH]c(C[NH+]2CCC(F)(F)CC2)[n+]2ccccc12)c1ccccc1Cl.O=C([O-])C(F)(F)F. The van der Waals surface area contributed by atoms with E-state index in [-0.39, 0.29) is 24.8 Å². The van der Waals surface area contributed by atoms with Crippen molar-refractivity contribution in [3.8, 4) is 0 Å². The Morgan fingerprint density at radius 3 is 2.35 bits per heavy atom. The Kier molecular flexibility index (Phi) is 8.75. The number of H-pyrrole nitrogens is 1. The molecule has 0 radical (unpaired) electrons. The predicted octanol–water partition coefficient (Wildman–Crippen LogP) is 2.01. The molecule has 2 aromatic heterocycles. The van der Waals surface area contributed by atoms with Gasteiger partial charge in [0.2, 0.25) is 5.69 Å². The Balaban J connectivity index is 0.000000479. The topological polar surface area (TPSA) is 93.6 Å². The molecular weight excluding hydrogens is 523 g/mol. The number of benzene rings is 1. The van der Waals surface area contributed by atoms with Crippen LogP contribution < -0.4 is 19.7 Å². The smallest absolute Gasteiger partial charge is 0.430 e. The molecule has 1 aliphatic heterocycles. The molecule has 13 heteroatoms. The van der Waals surface area contributed by atoms with Crippen molar-refractivity contribution >= 4 is 29.0 Å². The molecule has 3 aromatic rings. The summed E-state index contributed by atoms with van der Waals surface area (Å²) in [6, 6.07) is 12.8. The fourth-order valence-corrected chi connectivity index (χ4v) is 4.31. The van der Waals surface area contributed by atoms with Crippen molar-refractivity contribution in [3.63, 3.8) is 0 Å². The summed E-state index contributed by atoms with van der Waals surface area (Å²) in [5.41, 5.74) is 2.04. The number of nitrogens with one attached hydrogen (secondary N) is 3. The highest BCUT2D eigenvalue weighted by Gasteiger charge is 2.38. The summed E-state index contributed by atoms with van der Waals surface area (Å²) in [5, 5.41) is 12.4. The van der Waals surface area contributed by atoms with Crippen LogP contribution in [0.25, 0.3) is 5.52 Å². The van der Waals surface area contributed by atoms with Gasteiger partial charge in [0.15, 0.2) is 12.1 Å². The number of rotatable bonds is 5. The maximum Gasteiger partial charge on any atom is 0.430 e. The Labute approximate surface area is 213 Å². The summed E-state index contributed by atoms with van der Waals surface area (Å²) in [6.07, 6.45) is -3.52. The molecule has 4 rings (SSSR count). The first kappa shape index (κ1) is 28.3. The summed E-state index contributed by atoms with van der Waals surface area (Å²) >= 11 is 6.26. The number of pyridine rings is 1. The molecule has 3 N–H and O–H groups in total. The standard InChI is InChI=1S/C22H23ClF2N4O.C2HF3O2/c1-15(16-6-2-3-7-17(16)23)26-21(30)20-18-8-4-5-11-29(18)19(27-20)14-28-12-9-22(24,25)10-13-28;3-2(4,5)1(6)7/h2-8,11,15H,9-10,12-14H2,1H3,(H,26,30);(H,6,7)/p+1. The summed E-state index contributed by atoms with van der Waals surface area (Å²) in [4.78, 5) is 26.1. The van der Waals surface area contributed by atoms with Gasteiger partial charge in [0.05, 0.1) is 38.2 Å². The van der Waals surface area contributed by atoms with Crippen LogP contribution in [0.2, 0.25) is 5.02 Å². The van der Waals surface area contributed by atoms with Crippen molar-refractivity contribution in [1.29, 1.82) is 0 Å². The van der Waals surface area contributed by atoms with E-state index >= 15 is 0 Å². The largest absolute Gasteiger partial charge is 0.542 e. The van der Waals surface area contributed by atoms with Gasteiger partial charge in [-0.1, -0.05) is 35.9 Å². The number of hydrogen-bond donors (Lipinski definition) is 3. The number of hydrogen-bond acceptors (Lipinski definition) is 3. The van der Waals surface area contributed by atoms with Gasteiger partial charge in [0, 0.05) is 5.02 Å². The monoisotopic (exact) mass is 547 g/mol. The molecule has 1 atom stereocenters. The number of aromatic nitrogens is 2. The second kappa shape index (κ2) is 11.4. The molecule has 3 heterocycles. The highest BCUT2D eigenvalue weighted by Crippen LogP contribution is 2.23. The Hall–Kier alpha value is -3.25. The maximum atomic E-state index is 13.5. The third-order valence-electron chi connectivity index (χ3n) is 5.96. The number of carbonyl (C=O) groups is 2. The molecule has 1 saturated heterocycles. The second-order valence-electron chi connectivity index (χ2n) is 8.69. The highest BCUT2D eigenvalue weighted by atomic mass is 35.5. The normalized spacial score (nSPS) is 16.5. The van der Waals surface area contributed by atoms with E-state index in [4.69, 9.17) is 21.5 Å². The molecule has 0 saturated carbocycles. The molecule has 1 aromatic carbocycles. The zero-order chi connectivity index (χ0) is 27.4. The number of quaternary nitrogens is 1. The van der Waals surface area contributed by atoms with E-state index in [0.29, 0.717) is 30.4 Å². The predicted molar refractivity (Wildman–Crippen MR) is 121 cm³/mol. The number of amides is 1. The van der Waals surface area contributed by atoms with Gasteiger partial charge in [-0.15, -0.1) is 0 Å². The van der Waals surface area contributed by atoms with E-state index in [1.807, 2.05) is 53.9 Å². The fraction of sp³-hybridized carbons (Fsp3) is 0.375. The third kappa shape index (κ3) is 7.39. The first-order valence-corrected chi connectivity index (χ1v) is 11.7. The quantitative estimate of drug-likeness (QED) is 0.337. The number of carboxylic acid groups (broad SMARTS) is 1. The molecular formula is C24H25ClF5N4O3+. The zero-order valence-electron chi connectivity index (χ0n) is 19.7. The Morgan fingerprint density at radius 1 is 1.16 bits per heavy atom. The van der Waals surface area contributed by atoms with Gasteiger partial charge < -0.3 is 20.1 Å². The molecule has 0 bridgehead atoms. The van der Waals surface area contributed by atoms with Crippen LogP contribution in [0.15, 0.2) is 48.7 Å². The van der Waals surface area contributed by atoms with Crippen molar-refractivity contribution in [2.45, 2.75) is 44.5 Å². The molecule has 1 aliphatic rings. The van der Waals surface area contributed by atoms with Gasteiger partial charge in [-0.3, -0.25) is 4.79 Å². The van der Waals surface area contributed by atoms with Crippen LogP contribution in [0, 0.1) is 0 Å². The van der Waals surface area contributed by atoms with Gasteiger partial charge in [0.1, 0.15) is 5.97 Å². The van der Waals surface area contributed by atoms with E-state index in [1.165, 1.54) is 0 Å². The van der Waals surface area contributed by atoms with Gasteiger partial charge in [-0.05, 0) is 30.7 Å². The molecule has 1 amide bonds. The number of carboxylic acids is 1. The van der Waals surface area contributed by atoms with Crippen LogP contribution in [0.3, 0.4) is 0 Å². The fourth-order valence-electron chi connectivity index (χ4n) is 4.01. The lowest BCUT2D eigenvalue weighted by atomic mass is 10.1. The molecule has 0 spiro atoms. The average molecular weight is 548 g/mol. The first-order chi connectivity index (χ1) is 17.3. The third-order valence-corrected chi connectivity index (χ3v) is 6.30. The molecule has 0 aliphatic carbocycles. The summed E-state index contributed by atoms with van der Waals surface area (Å²) in [7, 11) is 0. The Bertz CT molecular complexity index is 1250. The number of aliphatic carboxylic acids is 1. The number of nitrogens with zero attached hydrogens (tertiary/aromatic N) is 1. The summed E-state index contributed by atoms with van der Waals surface area (Å²) in [6.45, 7) is 3.25. The van der Waals surface area contributed by atoms with Gasteiger partial charge in [-0.2, -0.15) is 17.6 Å². The minimum absolute atomic E-state index is 0.103. The van der Waals surface area contributed by atoms with Crippen LogP contribution in [0.4, 0.5) is 22.0 Å². The average Bonchev–Trinajstić information content (AvgIpc) is 3.19. The van der Waals surface area contributed by atoms with E-state index in [2.05, 4.69) is 10.3 Å². The Morgan fingerprint density at radius 2 is 1.76 bits per heavy atom. The van der Waals surface area contributed by atoms with E-state index in [9.17, 15) is 26.7 Å². The van der Waals surface area contributed by atoms with Crippen LogP contribution >= 0.6 is 11.6 Å². The summed E-state index contributed by atoms with van der Waals surface area (Å²) in [5.74, 6) is -4.99. The van der Waals surface area contributed by atoms with Crippen molar-refractivity contribution in [2.24, 2.45) is 0 Å². The number of aromatic amines is 1. The molecule has 200 valence electrons. The lowest BCUT2D eigenvalue weighted by molar-refractivity contribution is -0.927. The van der Waals surface area contributed by atoms with E-state index in [0.717, 1.165) is 21.8 Å². The first-order valence-electron chi connectivity index (χ1n) is 11.3. The number of fused-ring (bicyclic) bond motifs is 1. The minimum Gasteiger partial charge on any atom is -0.542 e. The lowest BCUT2D eigenvalue weighted by Gasteiger charge is -2.27. The number of likely N-dealkylation sites (tertiary alicyclic amines) is 1. The van der Waals surface area contributed by atoms with Crippen molar-refractivity contribution in [1.82, 2.24) is 10.3 Å². The molecule has 37 heavy (non-hydrogen) atoms. The van der Waals surface area contributed by atoms with E-state index < -0.39 is 18.1 Å². The number of alkyl halides is 5. The lowest BCUT2D eigenvalue weighted by Crippen LogP contribution is -3.12. The number of halogens is 6. The highest BCUT2D eigenvalue weighted by molar-refractivity contribution is 6.31. The molecule has 1 unspecified atom stereocenters. The van der Waals surface area contributed by atoms with Gasteiger partial charge in [-0.25, -0.2) is 13.8 Å². The van der Waals surface area contributed by atoms with Crippen molar-refractivity contribution in [2.75, 3.05) is 13.1 Å². The second-order valence-corrected chi connectivity index (χ2v) is 9.09. The van der Waals surface area contributed by atoms with Crippen LogP contribution in [0.1, 0.15) is 47.7 Å². The van der Waals surface area contributed by atoms with E-state index in [1.54, 1.807) is 6.07 Å². The van der Waals surface area contributed by atoms with Gasteiger partial charge in [0.25, 0.3) is 11.8 Å². The minimum atomic E-state index is -5.19. The van der Waals surface area contributed by atoms with Crippen molar-refractivity contribution in [3.05, 3.63) is 70.8 Å². The number of piperidine rings is 1. The van der Waals surface area contributed by atoms with Crippen molar-refractivity contribution < 1.29 is 45.9 Å².